The second kappa shape index (κ2) is 15.3. The van der Waals surface area contributed by atoms with E-state index in [4.69, 9.17) is 0 Å². The fraction of sp³-hybridized carbons (Fsp3) is 0. The molecule has 0 aliphatic carbocycles. The predicted molar refractivity (Wildman–Crippen MR) is 191 cm³/mol. The van der Waals surface area contributed by atoms with E-state index in [1.165, 1.54) is 54.6 Å². The molecule has 2 heteroatoms. The van der Waals surface area contributed by atoms with Crippen LogP contribution in [0.5, 0.6) is 0 Å². The van der Waals surface area contributed by atoms with Gasteiger partial charge in [0.15, 0.2) is 0 Å². The largest absolute Gasteiger partial charge is 1.00 e. The number of aromatic nitrogens is 1. The normalized spacial score (nSPS) is 10.4. The minimum absolute atomic E-state index is 0. The van der Waals surface area contributed by atoms with Crippen molar-refractivity contribution in [2.24, 2.45) is 0 Å². The molecular weight excluding hydrogens is 582 g/mol. The Balaban J connectivity index is 0.000000124. The van der Waals surface area contributed by atoms with E-state index in [1.807, 2.05) is 54.6 Å². The first-order valence-electron chi connectivity index (χ1n) is 15.1. The Bertz CT molecular complexity index is 2160. The average Bonchev–Trinajstić information content (AvgIpc) is 3.48. The van der Waals surface area contributed by atoms with Crippen molar-refractivity contribution in [2.75, 3.05) is 0 Å². The van der Waals surface area contributed by atoms with E-state index in [1.54, 1.807) is 0 Å². The Labute approximate surface area is 313 Å². The van der Waals surface area contributed by atoms with Crippen LogP contribution in [0, 0.1) is 18.2 Å². The van der Waals surface area contributed by atoms with Crippen molar-refractivity contribution in [1.82, 2.24) is 4.57 Å². The molecular formula is C44H30KN-2. The summed E-state index contributed by atoms with van der Waals surface area (Å²) >= 11 is 0. The van der Waals surface area contributed by atoms with Gasteiger partial charge in [-0.25, -0.2) is 0 Å². The van der Waals surface area contributed by atoms with Crippen LogP contribution in [-0.4, -0.2) is 4.57 Å². The summed E-state index contributed by atoms with van der Waals surface area (Å²) in [6.45, 7) is 0. The van der Waals surface area contributed by atoms with E-state index >= 15 is 0 Å². The van der Waals surface area contributed by atoms with Crippen LogP contribution in [0.25, 0.3) is 60.2 Å². The van der Waals surface area contributed by atoms with Gasteiger partial charge in [-0.05, 0) is 34.5 Å². The maximum atomic E-state index is 3.37. The van der Waals surface area contributed by atoms with E-state index in [9.17, 15) is 0 Å². The molecule has 0 saturated heterocycles. The summed E-state index contributed by atoms with van der Waals surface area (Å²) in [5.74, 6) is 0. The topological polar surface area (TPSA) is 4.93 Å². The minimum Gasteiger partial charge on any atom is -0.334 e. The first-order valence-corrected chi connectivity index (χ1v) is 15.1. The molecule has 0 spiro atoms. The first kappa shape index (κ1) is 31.7. The van der Waals surface area contributed by atoms with E-state index in [0.717, 1.165) is 5.52 Å². The number of fused-ring (bicyclic) bond motifs is 6. The van der Waals surface area contributed by atoms with Crippen molar-refractivity contribution in [3.8, 4) is 16.8 Å². The monoisotopic (exact) mass is 611 g/mol. The Morgan fingerprint density at radius 3 is 1.76 bits per heavy atom. The fourth-order valence-corrected chi connectivity index (χ4v) is 5.79. The van der Waals surface area contributed by atoms with Crippen molar-refractivity contribution in [2.45, 2.75) is 0 Å². The van der Waals surface area contributed by atoms with Crippen molar-refractivity contribution in [1.29, 1.82) is 0 Å². The number of benzene rings is 8. The van der Waals surface area contributed by atoms with Crippen LogP contribution in [0.15, 0.2) is 182 Å². The smallest absolute Gasteiger partial charge is 0.334 e. The van der Waals surface area contributed by atoms with Crippen LogP contribution in [0.2, 0.25) is 0 Å². The summed E-state index contributed by atoms with van der Waals surface area (Å²) < 4.78 is 2.27. The van der Waals surface area contributed by atoms with Crippen LogP contribution in [0.4, 0.5) is 0 Å². The SMILES string of the molecule is [K+].[c-]1ccc(-c2ccccc2)cc1.[c-]1ccc2ccc3ccccc3c2c1.[c-]1cccc2c3ccccc3n(-c3ccccc3)c12. The zero-order valence-corrected chi connectivity index (χ0v) is 28.9. The summed E-state index contributed by atoms with van der Waals surface area (Å²) in [6, 6.07) is 71.8. The molecule has 9 aromatic rings. The number of hydrogen-bond donors (Lipinski definition) is 0. The molecule has 1 nitrogen and oxygen atoms in total. The molecule has 214 valence electrons. The van der Waals surface area contributed by atoms with Gasteiger partial charge < -0.3 is 4.57 Å². The van der Waals surface area contributed by atoms with Crippen LogP contribution in [0.3, 0.4) is 0 Å². The molecule has 0 aliphatic rings. The van der Waals surface area contributed by atoms with Gasteiger partial charge in [0.05, 0.1) is 0 Å². The molecule has 1 heterocycles. The third-order valence-electron chi connectivity index (χ3n) is 7.92. The Kier molecular flexibility index (Phi) is 10.6. The molecule has 1 aromatic heterocycles. The number of para-hydroxylation sites is 3. The summed E-state index contributed by atoms with van der Waals surface area (Å²) in [6.07, 6.45) is 0. The van der Waals surface area contributed by atoms with Crippen LogP contribution >= 0.6 is 0 Å². The number of nitrogens with zero attached hydrogens (tertiary/aromatic N) is 1. The van der Waals surface area contributed by atoms with Crippen molar-refractivity contribution >= 4 is 43.4 Å². The van der Waals surface area contributed by atoms with Crippen molar-refractivity contribution in [3.63, 3.8) is 0 Å². The molecule has 0 unspecified atom stereocenters. The Morgan fingerprint density at radius 2 is 0.978 bits per heavy atom. The van der Waals surface area contributed by atoms with Gasteiger partial charge in [-0.1, -0.05) is 114 Å². The zero-order chi connectivity index (χ0) is 30.3. The molecule has 0 fully saturated rings. The maximum Gasteiger partial charge on any atom is 1.00 e. The molecule has 0 N–H and O–H groups in total. The van der Waals surface area contributed by atoms with E-state index in [2.05, 4.69) is 150 Å². The molecule has 8 aromatic carbocycles. The van der Waals surface area contributed by atoms with E-state index in [-0.39, 0.29) is 51.4 Å². The first-order chi connectivity index (χ1) is 22.4. The third-order valence-corrected chi connectivity index (χ3v) is 7.92. The molecule has 0 bridgehead atoms. The van der Waals surface area contributed by atoms with Gasteiger partial charge in [0.1, 0.15) is 0 Å². The van der Waals surface area contributed by atoms with Gasteiger partial charge in [0, 0.05) is 11.2 Å². The zero-order valence-electron chi connectivity index (χ0n) is 25.8. The molecule has 0 amide bonds. The molecule has 9 rings (SSSR count). The standard InChI is InChI=1S/C18H12N.C14H9.C12H9.K/c1-2-8-14(9-3-1)19-17-12-6-4-10-15(17)16-11-5-7-13-18(16)19;1-3-7-13-11(5-1)9-10-12-6-2-4-8-14(12)13;1-3-7-11(8-4-1)12-9-5-2-6-10-12;/h1-12H;1-3,5-10H;1,3-10H;/q3*-1;+1. The molecule has 0 saturated carbocycles. The maximum absolute atomic E-state index is 3.37. The van der Waals surface area contributed by atoms with Crippen LogP contribution in [0.1, 0.15) is 0 Å². The van der Waals surface area contributed by atoms with Gasteiger partial charge in [0.2, 0.25) is 0 Å². The number of hydrogen-bond acceptors (Lipinski definition) is 0. The predicted octanol–water partition coefficient (Wildman–Crippen LogP) is 8.53. The van der Waals surface area contributed by atoms with E-state index < -0.39 is 0 Å². The Morgan fingerprint density at radius 1 is 0.391 bits per heavy atom. The molecule has 0 radical (unpaired) electrons. The average molecular weight is 612 g/mol. The summed E-state index contributed by atoms with van der Waals surface area (Å²) in [5.41, 5.74) is 6.04. The quantitative estimate of drug-likeness (QED) is 0.105. The Hall–Kier alpha value is -4.28. The van der Waals surface area contributed by atoms with Crippen molar-refractivity contribution in [3.05, 3.63) is 200 Å². The van der Waals surface area contributed by atoms with Gasteiger partial charge in [-0.3, -0.25) is 0 Å². The van der Waals surface area contributed by atoms with Crippen LogP contribution in [-0.2, 0) is 0 Å². The fourth-order valence-electron chi connectivity index (χ4n) is 5.79. The molecule has 0 aliphatic heterocycles. The second-order valence-electron chi connectivity index (χ2n) is 10.7. The van der Waals surface area contributed by atoms with Gasteiger partial charge in [-0.2, -0.15) is 78.9 Å². The van der Waals surface area contributed by atoms with Gasteiger partial charge >= 0.3 is 51.4 Å². The molecule has 46 heavy (non-hydrogen) atoms. The number of rotatable bonds is 2. The van der Waals surface area contributed by atoms with Gasteiger partial charge in [0.25, 0.3) is 0 Å². The van der Waals surface area contributed by atoms with Gasteiger partial charge in [-0.15, -0.1) is 21.7 Å². The summed E-state index contributed by atoms with van der Waals surface area (Å²) in [7, 11) is 0. The van der Waals surface area contributed by atoms with E-state index in [0.29, 0.717) is 0 Å². The minimum atomic E-state index is 0. The third kappa shape index (κ3) is 6.93. The summed E-state index contributed by atoms with van der Waals surface area (Å²) in [4.78, 5) is 0. The second-order valence-corrected chi connectivity index (χ2v) is 10.7. The molecule has 0 atom stereocenters. The van der Waals surface area contributed by atoms with Crippen LogP contribution < -0.4 is 51.4 Å². The van der Waals surface area contributed by atoms with Crippen molar-refractivity contribution < 1.29 is 51.4 Å². The summed E-state index contributed by atoms with van der Waals surface area (Å²) in [5, 5.41) is 7.69.